The first kappa shape index (κ1) is 17.2. The monoisotopic (exact) mass is 357 g/mol. The van der Waals surface area contributed by atoms with Crippen molar-refractivity contribution in [3.8, 4) is 0 Å². The van der Waals surface area contributed by atoms with Gasteiger partial charge in [0.05, 0.1) is 4.90 Å². The summed E-state index contributed by atoms with van der Waals surface area (Å²) >= 11 is 0. The van der Waals surface area contributed by atoms with Crippen molar-refractivity contribution in [2.75, 3.05) is 5.32 Å². The highest BCUT2D eigenvalue weighted by Gasteiger charge is 2.15. The molecule has 1 aromatic carbocycles. The summed E-state index contributed by atoms with van der Waals surface area (Å²) in [6, 6.07) is 10.3. The van der Waals surface area contributed by atoms with Gasteiger partial charge in [0.25, 0.3) is 0 Å². The van der Waals surface area contributed by atoms with Gasteiger partial charge < -0.3 is 5.32 Å². The fraction of sp³-hybridized carbons (Fsp3) is 0.235. The van der Waals surface area contributed by atoms with E-state index in [0.29, 0.717) is 18.0 Å². The van der Waals surface area contributed by atoms with Gasteiger partial charge in [-0.3, -0.25) is 4.98 Å². The summed E-state index contributed by atoms with van der Waals surface area (Å²) in [6.07, 6.45) is 3.21. The molecule has 0 saturated carbocycles. The maximum Gasteiger partial charge on any atom is 0.240 e. The molecule has 0 fully saturated rings. The van der Waals surface area contributed by atoms with Crippen LogP contribution in [0.4, 0.5) is 5.82 Å². The van der Waals surface area contributed by atoms with Crippen LogP contribution in [0.2, 0.25) is 0 Å². The molecule has 0 radical (unpaired) electrons. The van der Waals surface area contributed by atoms with Crippen LogP contribution in [0.25, 0.3) is 11.2 Å². The molecule has 0 spiro atoms. The standard InChI is InChI=1S/C17H19N5O2S/c1-12(2)22-25(23,24)14-5-3-4-13(10-14)11-20-16-7-6-15-17(21-16)19-9-8-18-15/h3-10,12,22H,11H2,1-2H3,(H,19,20,21). The lowest BCUT2D eigenvalue weighted by Gasteiger charge is -2.11. The molecule has 3 rings (SSSR count). The van der Waals surface area contributed by atoms with Gasteiger partial charge in [0, 0.05) is 25.0 Å². The number of hydrogen-bond donors (Lipinski definition) is 2. The molecule has 130 valence electrons. The molecule has 0 aliphatic rings. The Hall–Kier alpha value is -2.58. The smallest absolute Gasteiger partial charge is 0.240 e. The lowest BCUT2D eigenvalue weighted by atomic mass is 10.2. The number of sulfonamides is 1. The number of benzene rings is 1. The Morgan fingerprint density at radius 1 is 1.08 bits per heavy atom. The second-order valence-electron chi connectivity index (χ2n) is 5.87. The first-order chi connectivity index (χ1) is 11.9. The number of nitrogens with zero attached hydrogens (tertiary/aromatic N) is 3. The van der Waals surface area contributed by atoms with Gasteiger partial charge >= 0.3 is 0 Å². The van der Waals surface area contributed by atoms with Crippen LogP contribution in [-0.4, -0.2) is 29.4 Å². The lowest BCUT2D eigenvalue weighted by Crippen LogP contribution is -2.30. The summed E-state index contributed by atoms with van der Waals surface area (Å²) in [4.78, 5) is 13.0. The van der Waals surface area contributed by atoms with E-state index < -0.39 is 10.0 Å². The lowest BCUT2D eigenvalue weighted by molar-refractivity contribution is 0.569. The Morgan fingerprint density at radius 2 is 1.88 bits per heavy atom. The van der Waals surface area contributed by atoms with E-state index in [1.165, 1.54) is 0 Å². The summed E-state index contributed by atoms with van der Waals surface area (Å²) in [5, 5.41) is 3.18. The summed E-state index contributed by atoms with van der Waals surface area (Å²) in [5.41, 5.74) is 2.12. The fourth-order valence-electron chi connectivity index (χ4n) is 2.35. The summed E-state index contributed by atoms with van der Waals surface area (Å²) < 4.78 is 27.1. The van der Waals surface area contributed by atoms with Gasteiger partial charge in [0.1, 0.15) is 11.3 Å². The second kappa shape index (κ2) is 7.12. The van der Waals surface area contributed by atoms with Crippen LogP contribution in [0.15, 0.2) is 53.7 Å². The maximum atomic E-state index is 12.3. The number of fused-ring (bicyclic) bond motifs is 1. The van der Waals surface area contributed by atoms with E-state index in [4.69, 9.17) is 0 Å². The molecule has 2 N–H and O–H groups in total. The molecule has 3 aromatic rings. The normalized spacial score (nSPS) is 11.8. The minimum atomic E-state index is -3.51. The van der Waals surface area contributed by atoms with Crippen molar-refractivity contribution in [1.29, 1.82) is 0 Å². The van der Waals surface area contributed by atoms with Crippen molar-refractivity contribution in [2.24, 2.45) is 0 Å². The van der Waals surface area contributed by atoms with Gasteiger partial charge in [-0.15, -0.1) is 0 Å². The number of hydrogen-bond acceptors (Lipinski definition) is 6. The van der Waals surface area contributed by atoms with Crippen LogP contribution in [0, 0.1) is 0 Å². The zero-order valence-electron chi connectivity index (χ0n) is 14.0. The Bertz CT molecular complexity index is 989. The molecule has 0 atom stereocenters. The second-order valence-corrected chi connectivity index (χ2v) is 7.59. The average Bonchev–Trinajstić information content (AvgIpc) is 2.59. The predicted molar refractivity (Wildman–Crippen MR) is 96.6 cm³/mol. The van der Waals surface area contributed by atoms with Gasteiger partial charge in [-0.1, -0.05) is 12.1 Å². The third-order valence-corrected chi connectivity index (χ3v) is 5.06. The van der Waals surface area contributed by atoms with Crippen LogP contribution in [0.5, 0.6) is 0 Å². The fourth-order valence-corrected chi connectivity index (χ4v) is 3.67. The largest absolute Gasteiger partial charge is 0.366 e. The molecule has 8 heteroatoms. The van der Waals surface area contributed by atoms with Crippen LogP contribution >= 0.6 is 0 Å². The van der Waals surface area contributed by atoms with Crippen molar-refractivity contribution in [3.63, 3.8) is 0 Å². The molecular formula is C17H19N5O2S. The third kappa shape index (κ3) is 4.28. The Balaban J connectivity index is 1.75. The molecule has 0 saturated heterocycles. The van der Waals surface area contributed by atoms with Crippen LogP contribution in [-0.2, 0) is 16.6 Å². The molecule has 0 bridgehead atoms. The minimum Gasteiger partial charge on any atom is -0.366 e. The van der Waals surface area contributed by atoms with E-state index >= 15 is 0 Å². The number of aromatic nitrogens is 3. The van der Waals surface area contributed by atoms with Crippen molar-refractivity contribution in [1.82, 2.24) is 19.7 Å². The van der Waals surface area contributed by atoms with Crippen molar-refractivity contribution in [3.05, 3.63) is 54.4 Å². The van der Waals surface area contributed by atoms with E-state index in [1.807, 2.05) is 18.2 Å². The molecule has 0 amide bonds. The first-order valence-electron chi connectivity index (χ1n) is 7.87. The SMILES string of the molecule is CC(C)NS(=O)(=O)c1cccc(CNc2ccc3nccnc3n2)c1. The minimum absolute atomic E-state index is 0.158. The predicted octanol–water partition coefficient (Wildman–Crippen LogP) is 2.32. The van der Waals surface area contributed by atoms with Gasteiger partial charge in [0.15, 0.2) is 5.65 Å². The highest BCUT2D eigenvalue weighted by atomic mass is 32.2. The van der Waals surface area contributed by atoms with Crippen LogP contribution in [0.1, 0.15) is 19.4 Å². The average molecular weight is 357 g/mol. The zero-order valence-corrected chi connectivity index (χ0v) is 14.8. The van der Waals surface area contributed by atoms with E-state index in [-0.39, 0.29) is 10.9 Å². The highest BCUT2D eigenvalue weighted by Crippen LogP contribution is 2.15. The molecule has 7 nitrogen and oxygen atoms in total. The Kier molecular flexibility index (Phi) is 4.91. The Labute approximate surface area is 146 Å². The molecule has 2 heterocycles. The first-order valence-corrected chi connectivity index (χ1v) is 9.35. The van der Waals surface area contributed by atoms with Crippen molar-refractivity contribution in [2.45, 2.75) is 31.3 Å². The molecule has 0 aliphatic carbocycles. The number of rotatable bonds is 6. The van der Waals surface area contributed by atoms with Crippen LogP contribution < -0.4 is 10.0 Å². The Morgan fingerprint density at radius 3 is 2.68 bits per heavy atom. The van der Waals surface area contributed by atoms with Gasteiger partial charge in [0.2, 0.25) is 10.0 Å². The maximum absolute atomic E-state index is 12.3. The summed E-state index contributed by atoms with van der Waals surface area (Å²) in [7, 11) is -3.51. The molecular weight excluding hydrogens is 338 g/mol. The van der Waals surface area contributed by atoms with E-state index in [0.717, 1.165) is 11.1 Å². The zero-order chi connectivity index (χ0) is 17.9. The van der Waals surface area contributed by atoms with Gasteiger partial charge in [-0.05, 0) is 43.7 Å². The summed E-state index contributed by atoms with van der Waals surface area (Å²) in [5.74, 6) is 0.654. The van der Waals surface area contributed by atoms with Crippen LogP contribution in [0.3, 0.4) is 0 Å². The highest BCUT2D eigenvalue weighted by molar-refractivity contribution is 7.89. The van der Waals surface area contributed by atoms with Gasteiger partial charge in [-0.25, -0.2) is 23.1 Å². The topological polar surface area (TPSA) is 96.9 Å². The van der Waals surface area contributed by atoms with E-state index in [1.54, 1.807) is 44.4 Å². The molecule has 2 aromatic heterocycles. The molecule has 0 aliphatic heterocycles. The van der Waals surface area contributed by atoms with E-state index in [9.17, 15) is 8.42 Å². The molecule has 25 heavy (non-hydrogen) atoms. The number of anilines is 1. The molecule has 0 unspecified atom stereocenters. The number of nitrogens with one attached hydrogen (secondary N) is 2. The van der Waals surface area contributed by atoms with Gasteiger partial charge in [-0.2, -0.15) is 0 Å². The number of pyridine rings is 1. The summed E-state index contributed by atoms with van der Waals surface area (Å²) in [6.45, 7) is 4.03. The van der Waals surface area contributed by atoms with Crippen molar-refractivity contribution < 1.29 is 8.42 Å². The van der Waals surface area contributed by atoms with E-state index in [2.05, 4.69) is 25.0 Å². The third-order valence-electron chi connectivity index (χ3n) is 3.40. The van der Waals surface area contributed by atoms with Crippen molar-refractivity contribution >= 4 is 27.0 Å². The quantitative estimate of drug-likeness (QED) is 0.703.